The molecule has 2 aromatic rings. The van der Waals surface area contributed by atoms with Gasteiger partial charge in [0, 0.05) is 10.9 Å². The van der Waals surface area contributed by atoms with E-state index in [1.165, 1.54) is 23.4 Å². The number of carbonyl (C=O) groups excluding carboxylic acids is 1. The molecule has 3 rings (SSSR count). The van der Waals surface area contributed by atoms with Crippen LogP contribution in [0.1, 0.15) is 50.6 Å². The van der Waals surface area contributed by atoms with Crippen LogP contribution in [0.3, 0.4) is 0 Å². The van der Waals surface area contributed by atoms with Crippen molar-refractivity contribution in [2.24, 2.45) is 0 Å². The topological polar surface area (TPSA) is 84.5 Å². The molecule has 1 aliphatic rings. The van der Waals surface area contributed by atoms with E-state index < -0.39 is 10.0 Å². The summed E-state index contributed by atoms with van der Waals surface area (Å²) >= 11 is 1.67. The molecule has 8 heteroatoms. The average Bonchev–Trinajstić information content (AvgIpc) is 2.78. The summed E-state index contributed by atoms with van der Waals surface area (Å²) in [6.45, 7) is 1.78. The van der Waals surface area contributed by atoms with Crippen molar-refractivity contribution in [3.63, 3.8) is 0 Å². The lowest BCUT2D eigenvalue weighted by molar-refractivity contribution is -0.123. The highest BCUT2D eigenvalue weighted by molar-refractivity contribution is 7.98. The fraction of sp³-hybridized carbons (Fsp3) is 0.435. The maximum atomic E-state index is 12.6. The minimum absolute atomic E-state index is 0.0114. The molecule has 0 bridgehead atoms. The number of nitrogens with one attached hydrogen (secondary N) is 2. The highest BCUT2D eigenvalue weighted by Gasteiger charge is 2.21. The lowest BCUT2D eigenvalue weighted by Gasteiger charge is -2.22. The highest BCUT2D eigenvalue weighted by Crippen LogP contribution is 2.22. The third-order valence-electron chi connectivity index (χ3n) is 5.42. The van der Waals surface area contributed by atoms with Crippen molar-refractivity contribution in [3.8, 4) is 5.75 Å². The number of amides is 1. The van der Waals surface area contributed by atoms with Crippen LogP contribution in [0.2, 0.25) is 0 Å². The van der Waals surface area contributed by atoms with Crippen LogP contribution in [-0.4, -0.2) is 33.2 Å². The molecule has 0 heterocycles. The predicted molar refractivity (Wildman–Crippen MR) is 124 cm³/mol. The van der Waals surface area contributed by atoms with Gasteiger partial charge < -0.3 is 10.1 Å². The zero-order chi connectivity index (χ0) is 22.3. The van der Waals surface area contributed by atoms with Gasteiger partial charge in [-0.15, -0.1) is 11.8 Å². The summed E-state index contributed by atoms with van der Waals surface area (Å²) in [6.07, 6.45) is 7.08. The summed E-state index contributed by atoms with van der Waals surface area (Å²) in [6, 6.07) is 14.1. The summed E-state index contributed by atoms with van der Waals surface area (Å²) in [7, 11) is -3.55. The first-order valence-electron chi connectivity index (χ1n) is 10.6. The molecule has 2 N–H and O–H groups in total. The zero-order valence-electron chi connectivity index (χ0n) is 18.0. The van der Waals surface area contributed by atoms with E-state index in [0.717, 1.165) is 31.2 Å². The van der Waals surface area contributed by atoms with Crippen LogP contribution in [-0.2, 0) is 14.8 Å². The largest absolute Gasteiger partial charge is 0.484 e. The third kappa shape index (κ3) is 6.98. The third-order valence-corrected chi connectivity index (χ3v) is 7.70. The van der Waals surface area contributed by atoms with E-state index in [0.29, 0.717) is 5.75 Å². The predicted octanol–water partition coefficient (Wildman–Crippen LogP) is 4.28. The van der Waals surface area contributed by atoms with Gasteiger partial charge in [0.2, 0.25) is 10.0 Å². The lowest BCUT2D eigenvalue weighted by atomic mass is 9.96. The van der Waals surface area contributed by atoms with Crippen LogP contribution < -0.4 is 14.8 Å². The van der Waals surface area contributed by atoms with Crippen molar-refractivity contribution in [2.75, 3.05) is 12.9 Å². The molecule has 1 aliphatic carbocycles. The van der Waals surface area contributed by atoms with E-state index in [2.05, 4.69) is 10.0 Å². The molecule has 1 saturated carbocycles. The number of sulfonamides is 1. The highest BCUT2D eigenvalue weighted by atomic mass is 32.2. The van der Waals surface area contributed by atoms with E-state index >= 15 is 0 Å². The van der Waals surface area contributed by atoms with Gasteiger partial charge in [-0.2, -0.15) is 0 Å². The first-order valence-corrected chi connectivity index (χ1v) is 13.3. The molecule has 0 saturated heterocycles. The number of thioether (sulfide) groups is 1. The fourth-order valence-electron chi connectivity index (χ4n) is 3.63. The summed E-state index contributed by atoms with van der Waals surface area (Å²) in [5.41, 5.74) is 1.02. The summed E-state index contributed by atoms with van der Waals surface area (Å²) in [5.74, 6) is 0.209. The van der Waals surface area contributed by atoms with Crippen LogP contribution in [0, 0.1) is 0 Å². The first-order chi connectivity index (χ1) is 14.9. The van der Waals surface area contributed by atoms with Crippen molar-refractivity contribution in [2.45, 2.75) is 60.9 Å². The quantitative estimate of drug-likeness (QED) is 0.544. The minimum atomic E-state index is -3.55. The average molecular weight is 463 g/mol. The molecule has 0 unspecified atom stereocenters. The molecule has 168 valence electrons. The van der Waals surface area contributed by atoms with Gasteiger partial charge in [-0.3, -0.25) is 4.79 Å². The monoisotopic (exact) mass is 462 g/mol. The van der Waals surface area contributed by atoms with Crippen LogP contribution >= 0.6 is 11.8 Å². The Bertz CT molecular complexity index is 954. The van der Waals surface area contributed by atoms with E-state index in [1.807, 2.05) is 37.4 Å². The Labute approximate surface area is 189 Å². The number of carbonyl (C=O) groups is 1. The van der Waals surface area contributed by atoms with Gasteiger partial charge >= 0.3 is 0 Å². The van der Waals surface area contributed by atoms with Crippen molar-refractivity contribution < 1.29 is 17.9 Å². The van der Waals surface area contributed by atoms with E-state index in [1.54, 1.807) is 23.9 Å². The number of ether oxygens (including phenoxy) is 1. The van der Waals surface area contributed by atoms with Gasteiger partial charge in [0.1, 0.15) is 5.75 Å². The van der Waals surface area contributed by atoms with Crippen LogP contribution in [0.15, 0.2) is 58.3 Å². The summed E-state index contributed by atoms with van der Waals surface area (Å²) in [5, 5.41) is 2.91. The van der Waals surface area contributed by atoms with Crippen LogP contribution in [0.25, 0.3) is 0 Å². The lowest BCUT2D eigenvalue weighted by Crippen LogP contribution is -2.36. The van der Waals surface area contributed by atoms with Crippen LogP contribution in [0.4, 0.5) is 0 Å². The van der Waals surface area contributed by atoms with Crippen LogP contribution in [0.5, 0.6) is 5.75 Å². The SMILES string of the molecule is CSc1ccc([C@H](C)NC(=O)COc2ccc(S(=O)(=O)NC3CCCCC3)cc2)cc1. The summed E-state index contributed by atoms with van der Waals surface area (Å²) < 4.78 is 33.4. The van der Waals surface area contributed by atoms with Crippen molar-refractivity contribution >= 4 is 27.7 Å². The van der Waals surface area contributed by atoms with Crippen molar-refractivity contribution in [1.82, 2.24) is 10.0 Å². The molecular formula is C23H30N2O4S2. The Morgan fingerprint density at radius 2 is 1.71 bits per heavy atom. The molecule has 0 spiro atoms. The van der Waals surface area contributed by atoms with Gasteiger partial charge in [-0.05, 0) is 68.0 Å². The van der Waals surface area contributed by atoms with Gasteiger partial charge in [-0.1, -0.05) is 31.4 Å². The van der Waals surface area contributed by atoms with Gasteiger partial charge in [0.15, 0.2) is 6.61 Å². The Hall–Kier alpha value is -2.03. The standard InChI is InChI=1S/C23H30N2O4S2/c1-17(18-8-12-21(30-2)13-9-18)24-23(26)16-29-20-10-14-22(15-11-20)31(27,28)25-19-6-4-3-5-7-19/h8-15,17,19,25H,3-7,16H2,1-2H3,(H,24,26)/t17-/m0/s1. The summed E-state index contributed by atoms with van der Waals surface area (Å²) in [4.78, 5) is 13.6. The van der Waals surface area contributed by atoms with Gasteiger partial charge in [0.05, 0.1) is 10.9 Å². The molecule has 1 fully saturated rings. The normalized spacial score (nSPS) is 15.9. The molecular weight excluding hydrogens is 432 g/mol. The second-order valence-electron chi connectivity index (χ2n) is 7.78. The first kappa shape index (κ1) is 23.6. The van der Waals surface area contributed by atoms with E-state index in [9.17, 15) is 13.2 Å². The molecule has 1 amide bonds. The van der Waals surface area contributed by atoms with Gasteiger partial charge in [-0.25, -0.2) is 13.1 Å². The smallest absolute Gasteiger partial charge is 0.258 e. The fourth-order valence-corrected chi connectivity index (χ4v) is 5.34. The van der Waals surface area contributed by atoms with Crippen molar-refractivity contribution in [3.05, 3.63) is 54.1 Å². The second kappa shape index (κ2) is 11.0. The Morgan fingerprint density at radius 3 is 2.32 bits per heavy atom. The number of benzene rings is 2. The molecule has 1 atom stereocenters. The molecule has 31 heavy (non-hydrogen) atoms. The Kier molecular flexibility index (Phi) is 8.40. The van der Waals surface area contributed by atoms with Crippen molar-refractivity contribution in [1.29, 1.82) is 0 Å². The Balaban J connectivity index is 1.49. The Morgan fingerprint density at radius 1 is 1.06 bits per heavy atom. The minimum Gasteiger partial charge on any atom is -0.484 e. The molecule has 0 aliphatic heterocycles. The maximum Gasteiger partial charge on any atom is 0.258 e. The second-order valence-corrected chi connectivity index (χ2v) is 10.4. The van der Waals surface area contributed by atoms with E-state index in [4.69, 9.17) is 4.74 Å². The number of hydrogen-bond donors (Lipinski definition) is 2. The van der Waals surface area contributed by atoms with E-state index in [-0.39, 0.29) is 29.5 Å². The molecule has 6 nitrogen and oxygen atoms in total. The molecule has 2 aromatic carbocycles. The van der Waals surface area contributed by atoms with Gasteiger partial charge in [0.25, 0.3) is 5.91 Å². The number of hydrogen-bond acceptors (Lipinski definition) is 5. The number of rotatable bonds is 9. The maximum absolute atomic E-state index is 12.6. The molecule has 0 radical (unpaired) electrons. The molecule has 0 aromatic heterocycles. The zero-order valence-corrected chi connectivity index (χ0v) is 19.6.